The number of fused-ring (bicyclic) bond motifs is 1. The Balaban J connectivity index is 2.53. The van der Waals surface area contributed by atoms with Gasteiger partial charge in [0.15, 0.2) is 0 Å². The van der Waals surface area contributed by atoms with Crippen LogP contribution in [-0.4, -0.2) is 22.1 Å². The van der Waals surface area contributed by atoms with Gasteiger partial charge < -0.3 is 10.1 Å². The third kappa shape index (κ3) is 1.23. The van der Waals surface area contributed by atoms with E-state index in [0.717, 1.165) is 25.0 Å². The molecule has 1 saturated heterocycles. The van der Waals surface area contributed by atoms with E-state index in [-0.39, 0.29) is 5.09 Å². The van der Waals surface area contributed by atoms with Crippen LogP contribution in [0, 0.1) is 0 Å². The number of ether oxygens (including phenoxy) is 1. The summed E-state index contributed by atoms with van der Waals surface area (Å²) < 4.78 is 27.8. The van der Waals surface area contributed by atoms with Crippen molar-refractivity contribution in [3.05, 3.63) is 21.8 Å². The standard InChI is InChI=1S/C8H11NO3S/c1-12-8-6-3-2-4-9-7(6)5-13(8,10)11/h5,9H,2-4H2,1H3. The molecule has 4 nitrogen and oxygen atoms in total. The Bertz CT molecular complexity index is 392. The molecule has 0 unspecified atom stereocenters. The van der Waals surface area contributed by atoms with Crippen LogP contribution in [0.15, 0.2) is 21.8 Å². The highest BCUT2D eigenvalue weighted by Crippen LogP contribution is 2.33. The second-order valence-corrected chi connectivity index (χ2v) is 4.77. The van der Waals surface area contributed by atoms with Crippen molar-refractivity contribution in [2.75, 3.05) is 13.7 Å². The minimum absolute atomic E-state index is 0.120. The molecule has 2 heterocycles. The van der Waals surface area contributed by atoms with Crippen molar-refractivity contribution in [2.24, 2.45) is 0 Å². The highest BCUT2D eigenvalue weighted by Gasteiger charge is 2.32. The van der Waals surface area contributed by atoms with Crippen molar-refractivity contribution < 1.29 is 13.2 Å². The lowest BCUT2D eigenvalue weighted by atomic mass is 10.1. The van der Waals surface area contributed by atoms with E-state index in [4.69, 9.17) is 4.74 Å². The molecule has 2 aliphatic heterocycles. The van der Waals surface area contributed by atoms with Gasteiger partial charge in [-0.25, -0.2) is 8.42 Å². The summed E-state index contributed by atoms with van der Waals surface area (Å²) in [6, 6.07) is 0. The molecule has 2 aliphatic rings. The van der Waals surface area contributed by atoms with Crippen molar-refractivity contribution in [3.63, 3.8) is 0 Å². The monoisotopic (exact) mass is 201 g/mol. The van der Waals surface area contributed by atoms with Crippen LogP contribution in [-0.2, 0) is 14.6 Å². The fourth-order valence-electron chi connectivity index (χ4n) is 1.67. The maximum atomic E-state index is 11.5. The zero-order valence-electron chi connectivity index (χ0n) is 7.33. The first kappa shape index (κ1) is 8.62. The van der Waals surface area contributed by atoms with Crippen molar-refractivity contribution in [3.8, 4) is 0 Å². The number of piperidine rings is 1. The number of rotatable bonds is 1. The van der Waals surface area contributed by atoms with Crippen LogP contribution < -0.4 is 5.32 Å². The fourth-order valence-corrected chi connectivity index (χ4v) is 3.10. The number of nitrogens with one attached hydrogen (secondary N) is 1. The molecule has 5 heteroatoms. The van der Waals surface area contributed by atoms with Gasteiger partial charge in [0.1, 0.15) is 0 Å². The van der Waals surface area contributed by atoms with Gasteiger partial charge in [-0.15, -0.1) is 0 Å². The molecule has 1 fully saturated rings. The largest absolute Gasteiger partial charge is 0.486 e. The van der Waals surface area contributed by atoms with E-state index >= 15 is 0 Å². The topological polar surface area (TPSA) is 55.4 Å². The van der Waals surface area contributed by atoms with Gasteiger partial charge in [0.2, 0.25) is 14.9 Å². The Morgan fingerprint density at radius 1 is 1.54 bits per heavy atom. The molecule has 0 atom stereocenters. The molecule has 1 N–H and O–H groups in total. The molecule has 13 heavy (non-hydrogen) atoms. The summed E-state index contributed by atoms with van der Waals surface area (Å²) in [6.45, 7) is 0.835. The lowest BCUT2D eigenvalue weighted by Gasteiger charge is -2.16. The summed E-state index contributed by atoms with van der Waals surface area (Å²) in [5, 5.41) is 4.42. The number of sulfone groups is 1. The van der Waals surface area contributed by atoms with E-state index in [1.54, 1.807) is 0 Å². The van der Waals surface area contributed by atoms with Gasteiger partial charge in [-0.1, -0.05) is 0 Å². The molecule has 0 radical (unpaired) electrons. The van der Waals surface area contributed by atoms with Gasteiger partial charge in [-0.05, 0) is 12.8 Å². The second kappa shape index (κ2) is 2.77. The molecule has 0 aliphatic carbocycles. The predicted molar refractivity (Wildman–Crippen MR) is 48.3 cm³/mol. The summed E-state index contributed by atoms with van der Waals surface area (Å²) in [7, 11) is -1.89. The van der Waals surface area contributed by atoms with Crippen molar-refractivity contribution in [2.45, 2.75) is 12.8 Å². The maximum Gasteiger partial charge on any atom is 0.234 e. The Morgan fingerprint density at radius 3 is 3.00 bits per heavy atom. The van der Waals surface area contributed by atoms with Crippen LogP contribution in [0.4, 0.5) is 0 Å². The first-order valence-electron chi connectivity index (χ1n) is 4.13. The average molecular weight is 201 g/mol. The van der Waals surface area contributed by atoms with Crippen molar-refractivity contribution >= 4 is 9.84 Å². The third-order valence-electron chi connectivity index (χ3n) is 2.21. The van der Waals surface area contributed by atoms with E-state index in [1.165, 1.54) is 12.5 Å². The number of hydrogen-bond donors (Lipinski definition) is 1. The smallest absolute Gasteiger partial charge is 0.234 e. The van der Waals surface area contributed by atoms with Crippen molar-refractivity contribution in [1.82, 2.24) is 5.32 Å². The van der Waals surface area contributed by atoms with Gasteiger partial charge >= 0.3 is 0 Å². The summed E-state index contributed by atoms with van der Waals surface area (Å²) in [4.78, 5) is 0. The summed E-state index contributed by atoms with van der Waals surface area (Å²) >= 11 is 0. The van der Waals surface area contributed by atoms with E-state index in [1.807, 2.05) is 0 Å². The van der Waals surface area contributed by atoms with Gasteiger partial charge in [-0.2, -0.15) is 0 Å². The zero-order valence-corrected chi connectivity index (χ0v) is 8.15. The molecule has 72 valence electrons. The summed E-state index contributed by atoms with van der Waals surface area (Å²) in [5.41, 5.74) is 1.51. The average Bonchev–Trinajstić information content (AvgIpc) is 2.33. The van der Waals surface area contributed by atoms with Gasteiger partial charge in [0.05, 0.1) is 18.2 Å². The molecule has 0 amide bonds. The summed E-state index contributed by atoms with van der Waals surface area (Å²) in [5.74, 6) is 0. The van der Waals surface area contributed by atoms with Crippen LogP contribution in [0.5, 0.6) is 0 Å². The highest BCUT2D eigenvalue weighted by atomic mass is 32.2. The number of hydrogen-bond acceptors (Lipinski definition) is 4. The lowest BCUT2D eigenvalue weighted by Crippen LogP contribution is -2.21. The van der Waals surface area contributed by atoms with Crippen molar-refractivity contribution in [1.29, 1.82) is 0 Å². The SMILES string of the molecule is COC1=C2CCCNC2=CS1(=O)=O. The second-order valence-electron chi connectivity index (χ2n) is 3.08. The molecular weight excluding hydrogens is 190 g/mol. The Labute approximate surface area is 77.2 Å². The molecular formula is C8H11NO3S. The van der Waals surface area contributed by atoms with E-state index in [0.29, 0.717) is 5.70 Å². The van der Waals surface area contributed by atoms with Crippen LogP contribution in [0.2, 0.25) is 0 Å². The zero-order chi connectivity index (χ0) is 9.47. The minimum atomic E-state index is -3.29. The first-order valence-corrected chi connectivity index (χ1v) is 5.68. The van der Waals surface area contributed by atoms with E-state index in [2.05, 4.69) is 5.32 Å². The van der Waals surface area contributed by atoms with Crippen LogP contribution in [0.3, 0.4) is 0 Å². The van der Waals surface area contributed by atoms with Crippen LogP contribution in [0.25, 0.3) is 0 Å². The molecule has 0 spiro atoms. The van der Waals surface area contributed by atoms with Crippen LogP contribution in [0.1, 0.15) is 12.8 Å². The Morgan fingerprint density at radius 2 is 2.31 bits per heavy atom. The molecule has 0 saturated carbocycles. The predicted octanol–water partition coefficient (Wildman–Crippen LogP) is 0.498. The van der Waals surface area contributed by atoms with Gasteiger partial charge in [0, 0.05) is 12.1 Å². The van der Waals surface area contributed by atoms with E-state index in [9.17, 15) is 8.42 Å². The van der Waals surface area contributed by atoms with Gasteiger partial charge in [-0.3, -0.25) is 0 Å². The van der Waals surface area contributed by atoms with E-state index < -0.39 is 9.84 Å². The summed E-state index contributed by atoms with van der Waals surface area (Å²) in [6.07, 6.45) is 1.73. The fraction of sp³-hybridized carbons (Fsp3) is 0.500. The number of allylic oxidation sites excluding steroid dienone is 1. The molecule has 0 bridgehead atoms. The molecule has 0 aromatic carbocycles. The normalized spacial score (nSPS) is 24.8. The quantitative estimate of drug-likeness (QED) is 0.671. The van der Waals surface area contributed by atoms with Gasteiger partial charge in [0.25, 0.3) is 0 Å². The van der Waals surface area contributed by atoms with Crippen LogP contribution >= 0.6 is 0 Å². The Kier molecular flexibility index (Phi) is 1.83. The molecule has 2 rings (SSSR count). The Hall–Kier alpha value is -0.970. The maximum absolute atomic E-state index is 11.5. The minimum Gasteiger partial charge on any atom is -0.486 e. The number of methoxy groups -OCH3 is 1. The first-order chi connectivity index (χ1) is 6.15. The molecule has 0 aromatic heterocycles. The third-order valence-corrected chi connectivity index (χ3v) is 3.68. The molecule has 0 aromatic rings. The lowest BCUT2D eigenvalue weighted by molar-refractivity contribution is 0.312. The highest BCUT2D eigenvalue weighted by molar-refractivity contribution is 7.98.